The maximum absolute atomic E-state index is 13.0. The average molecular weight is 483 g/mol. The zero-order chi connectivity index (χ0) is 23.4. The Kier molecular flexibility index (Phi) is 5.22. The molecular weight excluding hydrogens is 459 g/mol. The fraction of sp³-hybridized carbons (Fsp3) is 0.269. The minimum absolute atomic E-state index is 0.353. The van der Waals surface area contributed by atoms with Crippen molar-refractivity contribution in [2.75, 3.05) is 23.3 Å². The van der Waals surface area contributed by atoms with E-state index >= 15 is 0 Å². The molecule has 0 saturated heterocycles. The van der Waals surface area contributed by atoms with Crippen LogP contribution in [0.25, 0.3) is 0 Å². The van der Waals surface area contributed by atoms with E-state index in [4.69, 9.17) is 32.7 Å². The van der Waals surface area contributed by atoms with E-state index in [-0.39, 0.29) is 5.97 Å². The fourth-order valence-electron chi connectivity index (χ4n) is 4.78. The molecule has 5 nitrogen and oxygen atoms in total. The van der Waals surface area contributed by atoms with Crippen molar-refractivity contribution in [1.82, 2.24) is 0 Å². The highest BCUT2D eigenvalue weighted by molar-refractivity contribution is 6.49. The first kappa shape index (κ1) is 21.9. The van der Waals surface area contributed by atoms with Gasteiger partial charge in [0.05, 0.1) is 5.56 Å². The van der Waals surface area contributed by atoms with E-state index in [1.54, 1.807) is 13.0 Å². The molecule has 2 aliphatic rings. The van der Waals surface area contributed by atoms with Crippen molar-refractivity contribution in [3.8, 4) is 11.5 Å². The van der Waals surface area contributed by atoms with Gasteiger partial charge < -0.3 is 19.7 Å². The number of hydrogen-bond donors (Lipinski definition) is 1. The van der Waals surface area contributed by atoms with Crippen LogP contribution in [0.15, 0.2) is 60.7 Å². The molecular formula is C26H24Cl2N2O3. The Bertz CT molecular complexity index is 1250. The van der Waals surface area contributed by atoms with Crippen LogP contribution in [0.3, 0.4) is 0 Å². The topological polar surface area (TPSA) is 50.8 Å². The van der Waals surface area contributed by atoms with Gasteiger partial charge in [0.1, 0.15) is 11.5 Å². The van der Waals surface area contributed by atoms with Crippen molar-refractivity contribution >= 4 is 40.5 Å². The van der Waals surface area contributed by atoms with Crippen molar-refractivity contribution < 1.29 is 14.3 Å². The van der Waals surface area contributed by atoms with Gasteiger partial charge in [-0.3, -0.25) is 0 Å². The molecule has 5 rings (SSSR count). The minimum Gasteiger partial charge on any atom is -0.456 e. The number of fused-ring (bicyclic) bond motifs is 6. The molecule has 1 spiro atoms. The SMILES string of the molecule is CCN(CC)c1ccc2c(c1)C1(OC(=O)c3ccccc31)c1ccc(NC(C)(Cl)Cl)cc1O2. The lowest BCUT2D eigenvalue weighted by Crippen LogP contribution is -2.33. The van der Waals surface area contributed by atoms with Crippen molar-refractivity contribution in [1.29, 1.82) is 0 Å². The molecule has 0 radical (unpaired) electrons. The highest BCUT2D eigenvalue weighted by Crippen LogP contribution is 2.57. The molecule has 0 aliphatic carbocycles. The lowest BCUT2D eigenvalue weighted by molar-refractivity contribution is 0.0224. The summed E-state index contributed by atoms with van der Waals surface area (Å²) in [5.74, 6) is 0.860. The van der Waals surface area contributed by atoms with Crippen LogP contribution in [0.5, 0.6) is 11.5 Å². The van der Waals surface area contributed by atoms with Gasteiger partial charge in [0.2, 0.25) is 0 Å². The largest absolute Gasteiger partial charge is 0.456 e. The second kappa shape index (κ2) is 7.86. The molecule has 3 aromatic rings. The molecule has 0 saturated carbocycles. The Hall–Kier alpha value is -2.89. The van der Waals surface area contributed by atoms with E-state index in [2.05, 4.69) is 30.1 Å². The van der Waals surface area contributed by atoms with Gasteiger partial charge in [-0.25, -0.2) is 4.79 Å². The quantitative estimate of drug-likeness (QED) is 0.250. The van der Waals surface area contributed by atoms with Crippen molar-refractivity contribution in [3.63, 3.8) is 0 Å². The van der Waals surface area contributed by atoms with Crippen LogP contribution in [0.4, 0.5) is 11.4 Å². The van der Waals surface area contributed by atoms with E-state index in [9.17, 15) is 4.79 Å². The summed E-state index contributed by atoms with van der Waals surface area (Å²) in [7, 11) is 0. The number of esters is 1. The maximum atomic E-state index is 13.0. The molecule has 1 unspecified atom stereocenters. The van der Waals surface area contributed by atoms with Crippen molar-refractivity contribution in [2.45, 2.75) is 30.8 Å². The summed E-state index contributed by atoms with van der Waals surface area (Å²) in [6.07, 6.45) is 0. The number of benzene rings is 3. The van der Waals surface area contributed by atoms with Crippen molar-refractivity contribution in [2.24, 2.45) is 0 Å². The number of carbonyl (C=O) groups excluding carboxylic acids is 1. The Labute approximate surface area is 203 Å². The molecule has 2 aliphatic heterocycles. The van der Waals surface area contributed by atoms with Crippen LogP contribution >= 0.6 is 23.2 Å². The van der Waals surface area contributed by atoms with E-state index in [0.717, 1.165) is 35.5 Å². The minimum atomic E-state index is -1.15. The molecule has 1 N–H and O–H groups in total. The molecule has 2 heterocycles. The number of alkyl halides is 2. The van der Waals surface area contributed by atoms with Gasteiger partial charge >= 0.3 is 5.97 Å². The third-order valence-electron chi connectivity index (χ3n) is 6.19. The fourth-order valence-corrected chi connectivity index (χ4v) is 5.00. The van der Waals surface area contributed by atoms with E-state index < -0.39 is 10.1 Å². The highest BCUT2D eigenvalue weighted by atomic mass is 35.5. The normalized spacial score (nSPS) is 18.2. The Balaban J connectivity index is 1.76. The number of ether oxygens (including phenoxy) is 2. The zero-order valence-electron chi connectivity index (χ0n) is 18.6. The standard InChI is InChI=1S/C26H24Cl2N2O3/c1-4-30(5-2)17-11-13-22-21(15-17)26(19-9-7-6-8-18(19)24(31)33-26)20-12-10-16(14-23(20)32-22)29-25(3,27)28/h6-15,29H,4-5H2,1-3H3. The summed E-state index contributed by atoms with van der Waals surface area (Å²) in [4.78, 5) is 15.3. The number of carbonyl (C=O) groups is 1. The van der Waals surface area contributed by atoms with Gasteiger partial charge in [-0.15, -0.1) is 0 Å². The summed E-state index contributed by atoms with van der Waals surface area (Å²) in [5.41, 5.74) is 3.54. The monoisotopic (exact) mass is 482 g/mol. The third kappa shape index (κ3) is 3.51. The van der Waals surface area contributed by atoms with Crippen LogP contribution < -0.4 is 15.0 Å². The van der Waals surface area contributed by atoms with Crippen LogP contribution in [0.1, 0.15) is 47.8 Å². The smallest absolute Gasteiger partial charge is 0.340 e. The summed E-state index contributed by atoms with van der Waals surface area (Å²) in [6.45, 7) is 7.61. The lowest BCUT2D eigenvalue weighted by atomic mass is 9.77. The first-order valence-electron chi connectivity index (χ1n) is 11.0. The highest BCUT2D eigenvalue weighted by Gasteiger charge is 2.53. The Morgan fingerprint density at radius 2 is 1.70 bits per heavy atom. The van der Waals surface area contributed by atoms with Gasteiger partial charge in [-0.2, -0.15) is 0 Å². The van der Waals surface area contributed by atoms with Gasteiger partial charge in [0.15, 0.2) is 10.1 Å². The number of halogens is 2. The molecule has 3 aromatic carbocycles. The molecule has 0 aromatic heterocycles. The number of nitrogens with one attached hydrogen (secondary N) is 1. The molecule has 7 heteroatoms. The summed E-state index contributed by atoms with van der Waals surface area (Å²) < 4.78 is 11.4. The predicted octanol–water partition coefficient (Wildman–Crippen LogP) is 6.66. The van der Waals surface area contributed by atoms with Gasteiger partial charge in [-0.1, -0.05) is 41.4 Å². The second-order valence-corrected chi connectivity index (χ2v) is 10.0. The Morgan fingerprint density at radius 3 is 2.42 bits per heavy atom. The van der Waals surface area contributed by atoms with Crippen LogP contribution in [0, 0.1) is 0 Å². The molecule has 33 heavy (non-hydrogen) atoms. The lowest BCUT2D eigenvalue weighted by Gasteiger charge is -2.37. The van der Waals surface area contributed by atoms with Crippen molar-refractivity contribution in [3.05, 3.63) is 82.9 Å². The number of hydrogen-bond acceptors (Lipinski definition) is 5. The molecule has 170 valence electrons. The van der Waals surface area contributed by atoms with Gasteiger partial charge in [0.25, 0.3) is 0 Å². The Morgan fingerprint density at radius 1 is 0.939 bits per heavy atom. The van der Waals surface area contributed by atoms with E-state index in [0.29, 0.717) is 22.7 Å². The van der Waals surface area contributed by atoms with E-state index in [1.807, 2.05) is 48.5 Å². The molecule has 0 amide bonds. The summed E-state index contributed by atoms with van der Waals surface area (Å²) >= 11 is 12.3. The summed E-state index contributed by atoms with van der Waals surface area (Å²) in [5, 5.41) is 3.04. The molecule has 0 bridgehead atoms. The summed E-state index contributed by atoms with van der Waals surface area (Å²) in [6, 6.07) is 19.2. The third-order valence-corrected chi connectivity index (χ3v) is 6.38. The molecule has 1 atom stereocenters. The first-order valence-corrected chi connectivity index (χ1v) is 11.7. The maximum Gasteiger partial charge on any atom is 0.340 e. The zero-order valence-corrected chi connectivity index (χ0v) is 20.1. The number of anilines is 2. The average Bonchev–Trinajstić information content (AvgIpc) is 3.07. The number of rotatable bonds is 5. The number of nitrogens with zero attached hydrogens (tertiary/aromatic N) is 1. The van der Waals surface area contributed by atoms with Gasteiger partial charge in [0, 0.05) is 47.2 Å². The van der Waals surface area contributed by atoms with E-state index in [1.165, 1.54) is 0 Å². The second-order valence-electron chi connectivity index (χ2n) is 8.30. The van der Waals surface area contributed by atoms with Crippen LogP contribution in [0.2, 0.25) is 0 Å². The van der Waals surface area contributed by atoms with Crippen LogP contribution in [-0.4, -0.2) is 23.5 Å². The van der Waals surface area contributed by atoms with Crippen LogP contribution in [-0.2, 0) is 10.3 Å². The predicted molar refractivity (Wildman–Crippen MR) is 132 cm³/mol. The molecule has 0 fully saturated rings. The van der Waals surface area contributed by atoms with Gasteiger partial charge in [-0.05, 0) is 57.2 Å². The first-order chi connectivity index (χ1) is 15.8.